The molecule has 1 saturated heterocycles. The van der Waals surface area contributed by atoms with Crippen LogP contribution >= 0.6 is 0 Å². The monoisotopic (exact) mass is 469 g/mol. The molecule has 0 aliphatic carbocycles. The van der Waals surface area contributed by atoms with Crippen LogP contribution in [0.3, 0.4) is 0 Å². The van der Waals surface area contributed by atoms with Gasteiger partial charge in [-0.15, -0.1) is 0 Å². The fourth-order valence-electron chi connectivity index (χ4n) is 4.10. The number of methoxy groups -OCH3 is 1. The number of piperidine rings is 1. The van der Waals surface area contributed by atoms with Crippen molar-refractivity contribution >= 4 is 17.7 Å². The highest BCUT2D eigenvalue weighted by Gasteiger charge is 2.34. The highest BCUT2D eigenvalue weighted by molar-refractivity contribution is 5.97. The minimum atomic E-state index is -0.720. The number of amides is 3. The molecule has 2 N–H and O–H groups in total. The van der Waals surface area contributed by atoms with Crippen molar-refractivity contribution in [1.82, 2.24) is 15.5 Å². The molecule has 0 aromatic heterocycles. The minimum absolute atomic E-state index is 0.131. The van der Waals surface area contributed by atoms with E-state index in [-0.39, 0.29) is 23.6 Å². The van der Waals surface area contributed by atoms with Gasteiger partial charge in [0.15, 0.2) is 0 Å². The number of hydrogen-bond donors (Lipinski definition) is 2. The van der Waals surface area contributed by atoms with Gasteiger partial charge in [0.2, 0.25) is 5.91 Å². The second kappa shape index (κ2) is 12.3. The van der Waals surface area contributed by atoms with Crippen LogP contribution in [0.5, 0.6) is 0 Å². The molecular weight excluding hydrogens is 437 g/mol. The van der Waals surface area contributed by atoms with Gasteiger partial charge in [-0.05, 0) is 62.4 Å². The van der Waals surface area contributed by atoms with Gasteiger partial charge in [0.05, 0.1) is 0 Å². The molecule has 3 rings (SSSR count). The predicted octanol–water partition coefficient (Wildman–Crippen LogP) is 2.94. The zero-order valence-corrected chi connectivity index (χ0v) is 19.7. The molecule has 1 heterocycles. The fraction of sp³-hybridized carbons (Fsp3) is 0.423. The molecule has 7 nitrogen and oxygen atoms in total. The van der Waals surface area contributed by atoms with Crippen LogP contribution in [-0.4, -0.2) is 62.0 Å². The van der Waals surface area contributed by atoms with E-state index in [1.54, 1.807) is 30.2 Å². The molecule has 1 unspecified atom stereocenters. The number of carbonyl (C=O) groups is 3. The van der Waals surface area contributed by atoms with E-state index in [2.05, 4.69) is 10.6 Å². The largest absolute Gasteiger partial charge is 0.385 e. The molecule has 0 radical (unpaired) electrons. The molecule has 1 atom stereocenters. The number of nitrogens with one attached hydrogen (secondary N) is 2. The molecule has 182 valence electrons. The molecule has 0 saturated carbocycles. The zero-order valence-electron chi connectivity index (χ0n) is 19.7. The molecular formula is C26H32FN3O4. The number of likely N-dealkylation sites (tertiary alicyclic amines) is 1. The predicted molar refractivity (Wildman–Crippen MR) is 127 cm³/mol. The standard InChI is InChI=1S/C26H32FN3O4/c1-18-7-9-20(10-8-18)24(31)29-23(25(32)28-13-4-16-34-2)19-11-14-30(15-12-19)26(33)21-5-3-6-22(27)17-21/h3,5-10,17,19,23H,4,11-16H2,1-2H3,(H,28,32)(H,29,31). The maximum Gasteiger partial charge on any atom is 0.253 e. The fourth-order valence-corrected chi connectivity index (χ4v) is 4.10. The first kappa shape index (κ1) is 25.4. The average molecular weight is 470 g/mol. The summed E-state index contributed by atoms with van der Waals surface area (Å²) < 4.78 is 18.6. The van der Waals surface area contributed by atoms with Crippen molar-refractivity contribution in [3.63, 3.8) is 0 Å². The Hall–Kier alpha value is -3.26. The Morgan fingerprint density at radius 2 is 1.79 bits per heavy atom. The number of nitrogens with zero attached hydrogens (tertiary/aromatic N) is 1. The third kappa shape index (κ3) is 6.87. The highest BCUT2D eigenvalue weighted by Crippen LogP contribution is 2.23. The van der Waals surface area contributed by atoms with E-state index in [1.165, 1.54) is 18.2 Å². The molecule has 8 heteroatoms. The first-order valence-electron chi connectivity index (χ1n) is 11.6. The topological polar surface area (TPSA) is 87.7 Å². The van der Waals surface area contributed by atoms with Crippen molar-refractivity contribution in [1.29, 1.82) is 0 Å². The maximum absolute atomic E-state index is 13.5. The summed E-state index contributed by atoms with van der Waals surface area (Å²) in [4.78, 5) is 40.3. The number of benzene rings is 2. The lowest BCUT2D eigenvalue weighted by Gasteiger charge is -2.36. The number of hydrogen-bond acceptors (Lipinski definition) is 4. The highest BCUT2D eigenvalue weighted by atomic mass is 19.1. The normalized spacial score (nSPS) is 15.0. The van der Waals surface area contributed by atoms with Crippen molar-refractivity contribution in [2.45, 2.75) is 32.2 Å². The second-order valence-corrected chi connectivity index (χ2v) is 8.59. The van der Waals surface area contributed by atoms with E-state index in [4.69, 9.17) is 4.74 Å². The van der Waals surface area contributed by atoms with E-state index in [9.17, 15) is 18.8 Å². The van der Waals surface area contributed by atoms with Gasteiger partial charge in [-0.1, -0.05) is 23.8 Å². The lowest BCUT2D eigenvalue weighted by atomic mass is 9.88. The average Bonchev–Trinajstić information content (AvgIpc) is 2.85. The second-order valence-electron chi connectivity index (χ2n) is 8.59. The van der Waals surface area contributed by atoms with Crippen LogP contribution in [0.15, 0.2) is 48.5 Å². The zero-order chi connectivity index (χ0) is 24.5. The number of rotatable bonds is 9. The molecule has 34 heavy (non-hydrogen) atoms. The Labute approximate surface area is 199 Å². The number of ether oxygens (including phenoxy) is 1. The summed E-state index contributed by atoms with van der Waals surface area (Å²) in [6, 6.07) is 12.1. The number of halogens is 1. The Kier molecular flexibility index (Phi) is 9.16. The Morgan fingerprint density at radius 1 is 1.09 bits per heavy atom. The summed E-state index contributed by atoms with van der Waals surface area (Å²) in [5, 5.41) is 5.80. The van der Waals surface area contributed by atoms with E-state index in [0.29, 0.717) is 56.6 Å². The van der Waals surface area contributed by atoms with E-state index >= 15 is 0 Å². The molecule has 2 aromatic carbocycles. The van der Waals surface area contributed by atoms with Crippen LogP contribution < -0.4 is 10.6 Å². The minimum Gasteiger partial charge on any atom is -0.385 e. The molecule has 1 fully saturated rings. The Balaban J connectivity index is 1.66. The van der Waals surface area contributed by atoms with Gasteiger partial charge in [0, 0.05) is 44.5 Å². The van der Waals surface area contributed by atoms with Crippen molar-refractivity contribution in [3.05, 3.63) is 71.0 Å². The van der Waals surface area contributed by atoms with Gasteiger partial charge in [-0.25, -0.2) is 4.39 Å². The molecule has 1 aliphatic rings. The SMILES string of the molecule is COCCCNC(=O)C(NC(=O)c1ccc(C)cc1)C1CCN(C(=O)c2cccc(F)c2)CC1. The first-order chi connectivity index (χ1) is 16.4. The van der Waals surface area contributed by atoms with Gasteiger partial charge < -0.3 is 20.3 Å². The van der Waals surface area contributed by atoms with Gasteiger partial charge in [-0.2, -0.15) is 0 Å². The number of aryl methyl sites for hydroxylation is 1. The molecule has 3 amide bonds. The Bertz CT molecular complexity index is 988. The van der Waals surface area contributed by atoms with Crippen LogP contribution in [0, 0.1) is 18.7 Å². The van der Waals surface area contributed by atoms with Crippen LogP contribution in [0.1, 0.15) is 45.5 Å². The van der Waals surface area contributed by atoms with E-state index < -0.39 is 11.9 Å². The van der Waals surface area contributed by atoms with Crippen molar-refractivity contribution in [2.24, 2.45) is 5.92 Å². The van der Waals surface area contributed by atoms with E-state index in [0.717, 1.165) is 5.56 Å². The summed E-state index contributed by atoms with van der Waals surface area (Å²) in [6.45, 7) is 3.76. The van der Waals surface area contributed by atoms with Crippen LogP contribution in [0.2, 0.25) is 0 Å². The smallest absolute Gasteiger partial charge is 0.253 e. The Morgan fingerprint density at radius 3 is 2.44 bits per heavy atom. The van der Waals surface area contributed by atoms with Gasteiger partial charge in [0.25, 0.3) is 11.8 Å². The van der Waals surface area contributed by atoms with Crippen LogP contribution in [-0.2, 0) is 9.53 Å². The third-order valence-corrected chi connectivity index (χ3v) is 6.08. The summed E-state index contributed by atoms with van der Waals surface area (Å²) in [5.74, 6) is -1.37. The molecule has 1 aliphatic heterocycles. The van der Waals surface area contributed by atoms with Crippen molar-refractivity contribution < 1.29 is 23.5 Å². The van der Waals surface area contributed by atoms with E-state index in [1.807, 2.05) is 19.1 Å². The van der Waals surface area contributed by atoms with Gasteiger partial charge in [0.1, 0.15) is 11.9 Å². The molecule has 0 spiro atoms. The summed E-state index contributed by atoms with van der Waals surface area (Å²) in [7, 11) is 1.60. The summed E-state index contributed by atoms with van der Waals surface area (Å²) in [6.07, 6.45) is 1.76. The van der Waals surface area contributed by atoms with Crippen LogP contribution in [0.25, 0.3) is 0 Å². The maximum atomic E-state index is 13.5. The lowest BCUT2D eigenvalue weighted by molar-refractivity contribution is -0.124. The molecule has 0 bridgehead atoms. The lowest BCUT2D eigenvalue weighted by Crippen LogP contribution is -2.54. The molecule has 2 aromatic rings. The van der Waals surface area contributed by atoms with Gasteiger partial charge in [-0.3, -0.25) is 14.4 Å². The van der Waals surface area contributed by atoms with Crippen molar-refractivity contribution in [2.75, 3.05) is 33.4 Å². The number of carbonyl (C=O) groups excluding carboxylic acids is 3. The van der Waals surface area contributed by atoms with Crippen LogP contribution in [0.4, 0.5) is 4.39 Å². The third-order valence-electron chi connectivity index (χ3n) is 6.08. The summed E-state index contributed by atoms with van der Waals surface area (Å²) in [5.41, 5.74) is 1.83. The first-order valence-corrected chi connectivity index (χ1v) is 11.6. The van der Waals surface area contributed by atoms with Crippen molar-refractivity contribution in [3.8, 4) is 0 Å². The quantitative estimate of drug-likeness (QED) is 0.553. The van der Waals surface area contributed by atoms with Gasteiger partial charge >= 0.3 is 0 Å². The summed E-state index contributed by atoms with van der Waals surface area (Å²) >= 11 is 0.